The molecule has 5 heterocycles. The first kappa shape index (κ1) is 21.0. The average molecular weight is 449 g/mol. The van der Waals surface area contributed by atoms with Gasteiger partial charge in [0.1, 0.15) is 11.6 Å². The van der Waals surface area contributed by atoms with E-state index in [2.05, 4.69) is 34.9 Å². The predicted molar refractivity (Wildman–Crippen MR) is 127 cm³/mol. The van der Waals surface area contributed by atoms with Crippen LogP contribution in [-0.4, -0.2) is 83.3 Å². The van der Waals surface area contributed by atoms with E-state index < -0.39 is 0 Å². The maximum Gasteiger partial charge on any atom is 0.159 e. The van der Waals surface area contributed by atoms with E-state index in [-0.39, 0.29) is 0 Å². The van der Waals surface area contributed by atoms with Gasteiger partial charge in [-0.15, -0.1) is 0 Å². The number of aryl methyl sites for hydroxylation is 2. The van der Waals surface area contributed by atoms with Crippen molar-refractivity contribution in [3.63, 3.8) is 0 Å². The van der Waals surface area contributed by atoms with E-state index >= 15 is 0 Å². The zero-order valence-corrected chi connectivity index (χ0v) is 19.5. The van der Waals surface area contributed by atoms with Crippen LogP contribution in [0.4, 0.5) is 5.82 Å². The fourth-order valence-electron chi connectivity index (χ4n) is 5.44. The molecule has 0 atom stereocenters. The van der Waals surface area contributed by atoms with Gasteiger partial charge in [-0.2, -0.15) is 5.10 Å². The summed E-state index contributed by atoms with van der Waals surface area (Å²) < 4.78 is 12.9. The molecule has 1 aromatic carbocycles. The number of anilines is 1. The molecule has 6 rings (SSSR count). The SMILES string of the molecule is Cc1nc(N2CCOCC2)cc(-n2ncc3cc(C)c(C4CCN(C5COC5)CC4)cc32)n1. The number of hydrogen-bond donors (Lipinski definition) is 0. The minimum Gasteiger partial charge on any atom is -0.378 e. The van der Waals surface area contributed by atoms with Crippen LogP contribution in [0.2, 0.25) is 0 Å². The molecule has 3 aliphatic heterocycles. The molecule has 0 aliphatic carbocycles. The first-order valence-electron chi connectivity index (χ1n) is 12.1. The molecule has 3 fully saturated rings. The Bertz CT molecular complexity index is 1140. The van der Waals surface area contributed by atoms with E-state index in [0.29, 0.717) is 12.0 Å². The second-order valence-corrected chi connectivity index (χ2v) is 9.56. The standard InChI is InChI=1S/C25H32N6O2/c1-17-11-20-14-26-31(25-13-24(27-18(2)28-25)30-7-9-32-10-8-30)23(20)12-22(17)19-3-5-29(6-4-19)21-15-33-16-21/h11-14,19,21H,3-10,15-16H2,1-2H3. The van der Waals surface area contributed by atoms with E-state index in [1.807, 2.05) is 17.8 Å². The van der Waals surface area contributed by atoms with Crippen LogP contribution >= 0.6 is 0 Å². The highest BCUT2D eigenvalue weighted by atomic mass is 16.5. The van der Waals surface area contributed by atoms with Gasteiger partial charge < -0.3 is 14.4 Å². The second-order valence-electron chi connectivity index (χ2n) is 9.56. The molecule has 33 heavy (non-hydrogen) atoms. The van der Waals surface area contributed by atoms with Crippen molar-refractivity contribution in [2.75, 3.05) is 57.5 Å². The molecule has 3 aromatic rings. The Balaban J connectivity index is 1.31. The summed E-state index contributed by atoms with van der Waals surface area (Å²) >= 11 is 0. The van der Waals surface area contributed by atoms with Crippen molar-refractivity contribution in [2.24, 2.45) is 0 Å². The summed E-state index contributed by atoms with van der Waals surface area (Å²) in [6.45, 7) is 11.5. The number of nitrogens with zero attached hydrogens (tertiary/aromatic N) is 6. The van der Waals surface area contributed by atoms with Crippen LogP contribution in [-0.2, 0) is 9.47 Å². The number of hydrogen-bond acceptors (Lipinski definition) is 7. The van der Waals surface area contributed by atoms with Crippen molar-refractivity contribution in [3.05, 3.63) is 41.3 Å². The van der Waals surface area contributed by atoms with Crippen LogP contribution in [0.1, 0.15) is 35.7 Å². The average Bonchev–Trinajstić information content (AvgIpc) is 3.21. The van der Waals surface area contributed by atoms with Crippen molar-refractivity contribution < 1.29 is 9.47 Å². The van der Waals surface area contributed by atoms with Crippen LogP contribution in [0.5, 0.6) is 0 Å². The number of aromatic nitrogens is 4. The summed E-state index contributed by atoms with van der Waals surface area (Å²) in [6, 6.07) is 7.34. The van der Waals surface area contributed by atoms with Gasteiger partial charge in [-0.3, -0.25) is 4.90 Å². The number of likely N-dealkylation sites (tertiary alicyclic amines) is 1. The third kappa shape index (κ3) is 4.00. The zero-order chi connectivity index (χ0) is 22.4. The molecule has 0 spiro atoms. The number of piperidine rings is 1. The third-order valence-corrected chi connectivity index (χ3v) is 7.43. The largest absolute Gasteiger partial charge is 0.378 e. The van der Waals surface area contributed by atoms with Crippen LogP contribution in [0.25, 0.3) is 16.7 Å². The Morgan fingerprint density at radius 1 is 0.879 bits per heavy atom. The fourth-order valence-corrected chi connectivity index (χ4v) is 5.44. The topological polar surface area (TPSA) is 68.5 Å². The normalized spacial score (nSPS) is 21.0. The highest BCUT2D eigenvalue weighted by molar-refractivity contribution is 5.82. The fraction of sp³-hybridized carbons (Fsp3) is 0.560. The molecular weight excluding hydrogens is 416 g/mol. The van der Waals surface area contributed by atoms with Gasteiger partial charge in [-0.1, -0.05) is 0 Å². The van der Waals surface area contributed by atoms with Crippen LogP contribution in [0, 0.1) is 13.8 Å². The Labute approximate surface area is 194 Å². The van der Waals surface area contributed by atoms with Crippen molar-refractivity contribution in [3.8, 4) is 5.82 Å². The van der Waals surface area contributed by atoms with Gasteiger partial charge in [-0.05, 0) is 69.0 Å². The van der Waals surface area contributed by atoms with Gasteiger partial charge in [0.05, 0.1) is 44.2 Å². The summed E-state index contributed by atoms with van der Waals surface area (Å²) in [6.07, 6.45) is 4.35. The molecule has 174 valence electrons. The molecule has 0 bridgehead atoms. The molecule has 0 N–H and O–H groups in total. The lowest BCUT2D eigenvalue weighted by Gasteiger charge is -2.41. The van der Waals surface area contributed by atoms with Crippen LogP contribution < -0.4 is 4.90 Å². The molecule has 2 aromatic heterocycles. The minimum absolute atomic E-state index is 0.589. The molecule has 8 heteroatoms. The Kier molecular flexibility index (Phi) is 5.52. The number of benzene rings is 1. The van der Waals surface area contributed by atoms with E-state index in [0.717, 1.165) is 81.0 Å². The summed E-state index contributed by atoms with van der Waals surface area (Å²) in [5.74, 6) is 3.13. The highest BCUT2D eigenvalue weighted by Gasteiger charge is 2.30. The van der Waals surface area contributed by atoms with Crippen molar-refractivity contribution in [1.82, 2.24) is 24.6 Å². The molecule has 8 nitrogen and oxygen atoms in total. The van der Waals surface area contributed by atoms with E-state index in [1.165, 1.54) is 24.0 Å². The van der Waals surface area contributed by atoms with Gasteiger partial charge >= 0.3 is 0 Å². The van der Waals surface area contributed by atoms with Gasteiger partial charge in [0.2, 0.25) is 0 Å². The predicted octanol–water partition coefficient (Wildman–Crippen LogP) is 2.85. The summed E-state index contributed by atoms with van der Waals surface area (Å²) in [4.78, 5) is 14.3. The number of rotatable bonds is 4. The smallest absolute Gasteiger partial charge is 0.159 e. The number of fused-ring (bicyclic) bond motifs is 1. The molecule has 3 saturated heterocycles. The lowest BCUT2D eigenvalue weighted by molar-refractivity contribution is -0.0712. The van der Waals surface area contributed by atoms with E-state index in [4.69, 9.17) is 24.5 Å². The van der Waals surface area contributed by atoms with Gasteiger partial charge in [0, 0.05) is 24.5 Å². The first-order valence-corrected chi connectivity index (χ1v) is 12.1. The Hall–Kier alpha value is -2.55. The molecule has 3 aliphatic rings. The maximum atomic E-state index is 5.51. The second kappa shape index (κ2) is 8.66. The minimum atomic E-state index is 0.589. The zero-order valence-electron chi connectivity index (χ0n) is 19.5. The van der Waals surface area contributed by atoms with Crippen LogP contribution in [0.3, 0.4) is 0 Å². The number of ether oxygens (including phenoxy) is 2. The lowest BCUT2D eigenvalue weighted by atomic mass is 9.85. The molecule has 0 saturated carbocycles. The monoisotopic (exact) mass is 448 g/mol. The van der Waals surface area contributed by atoms with Gasteiger partial charge in [-0.25, -0.2) is 14.6 Å². The summed E-state index contributed by atoms with van der Waals surface area (Å²) in [5, 5.41) is 5.89. The summed E-state index contributed by atoms with van der Waals surface area (Å²) in [7, 11) is 0. The number of morpholine rings is 1. The van der Waals surface area contributed by atoms with Crippen LogP contribution in [0.15, 0.2) is 24.4 Å². The quantitative estimate of drug-likeness (QED) is 0.608. The third-order valence-electron chi connectivity index (χ3n) is 7.43. The van der Waals surface area contributed by atoms with Crippen molar-refractivity contribution in [2.45, 2.75) is 38.6 Å². The maximum absolute atomic E-state index is 5.51. The van der Waals surface area contributed by atoms with Gasteiger partial charge in [0.15, 0.2) is 5.82 Å². The van der Waals surface area contributed by atoms with Crippen molar-refractivity contribution in [1.29, 1.82) is 0 Å². The molecule has 0 radical (unpaired) electrons. The molecule has 0 amide bonds. The van der Waals surface area contributed by atoms with E-state index in [1.54, 1.807) is 0 Å². The lowest BCUT2D eigenvalue weighted by Crippen LogP contribution is -2.51. The highest BCUT2D eigenvalue weighted by Crippen LogP contribution is 2.34. The van der Waals surface area contributed by atoms with Gasteiger partial charge in [0.25, 0.3) is 0 Å². The Morgan fingerprint density at radius 2 is 1.64 bits per heavy atom. The Morgan fingerprint density at radius 3 is 2.36 bits per heavy atom. The summed E-state index contributed by atoms with van der Waals surface area (Å²) in [5.41, 5.74) is 3.93. The van der Waals surface area contributed by atoms with E-state index in [9.17, 15) is 0 Å². The molecular formula is C25H32N6O2. The molecule has 0 unspecified atom stereocenters. The van der Waals surface area contributed by atoms with Crippen molar-refractivity contribution >= 4 is 16.7 Å². The first-order chi connectivity index (χ1) is 16.2.